The molecule has 6 aromatic rings. The molecule has 6 heteroatoms. The molecule has 0 fully saturated rings. The van der Waals surface area contributed by atoms with E-state index in [0.717, 1.165) is 39.2 Å². The topological polar surface area (TPSA) is 91.5 Å². The molecule has 0 saturated carbocycles. The first kappa shape index (κ1) is 21.4. The van der Waals surface area contributed by atoms with Gasteiger partial charge in [0.2, 0.25) is 0 Å². The van der Waals surface area contributed by atoms with E-state index in [0.29, 0.717) is 16.7 Å². The fourth-order valence-corrected chi connectivity index (χ4v) is 4.27. The predicted octanol–water partition coefficient (Wildman–Crippen LogP) is 5.67. The van der Waals surface area contributed by atoms with Gasteiger partial charge in [-0.15, -0.1) is 0 Å². The van der Waals surface area contributed by atoms with E-state index >= 15 is 0 Å². The van der Waals surface area contributed by atoms with Crippen LogP contribution in [0.5, 0.6) is 0 Å². The maximum atomic E-state index is 12.3. The highest BCUT2D eigenvalue weighted by molar-refractivity contribution is 5.84. The van der Waals surface area contributed by atoms with Gasteiger partial charge in [-0.2, -0.15) is 0 Å². The number of hydrogen-bond acceptors (Lipinski definition) is 4. The van der Waals surface area contributed by atoms with Crippen molar-refractivity contribution in [1.29, 1.82) is 0 Å². The summed E-state index contributed by atoms with van der Waals surface area (Å²) in [5.74, 6) is 0.611. The molecular weight excluding hydrogens is 448 g/mol. The number of fused-ring (bicyclic) bond motifs is 1. The van der Waals surface area contributed by atoms with Crippen LogP contribution in [0.15, 0.2) is 119 Å². The summed E-state index contributed by atoms with van der Waals surface area (Å²) in [7, 11) is 0. The molecule has 36 heavy (non-hydrogen) atoms. The number of benzene rings is 4. The molecule has 2 aromatic heterocycles. The quantitative estimate of drug-likeness (QED) is 0.348. The van der Waals surface area contributed by atoms with Crippen molar-refractivity contribution in [3.8, 4) is 45.0 Å². The first-order valence-electron chi connectivity index (χ1n) is 11.5. The average molecular weight is 469 g/mol. The van der Waals surface area contributed by atoms with Gasteiger partial charge in [0.1, 0.15) is 0 Å². The van der Waals surface area contributed by atoms with Crippen molar-refractivity contribution >= 4 is 10.9 Å². The van der Waals surface area contributed by atoms with Crippen LogP contribution in [0.1, 0.15) is 0 Å². The van der Waals surface area contributed by atoms with Crippen LogP contribution in [-0.2, 0) is 0 Å². The lowest BCUT2D eigenvalue weighted by Crippen LogP contribution is -2.21. The van der Waals surface area contributed by atoms with E-state index in [1.807, 2.05) is 97.1 Å². The van der Waals surface area contributed by atoms with E-state index < -0.39 is 11.2 Å². The lowest BCUT2D eigenvalue weighted by Gasteiger charge is -2.10. The SMILES string of the molecule is O=c1[nH]c(=O)c2cc(-c3cccc(-c4nc(-c5ccccc5)cc(-c5ccccc5)n4)c3)ccc2[nH]1. The van der Waals surface area contributed by atoms with E-state index in [4.69, 9.17) is 9.97 Å². The maximum absolute atomic E-state index is 12.3. The Hall–Kier alpha value is -5.10. The van der Waals surface area contributed by atoms with Crippen molar-refractivity contribution in [3.05, 3.63) is 130 Å². The van der Waals surface area contributed by atoms with Crippen LogP contribution in [-0.4, -0.2) is 19.9 Å². The highest BCUT2D eigenvalue weighted by Crippen LogP contribution is 2.30. The van der Waals surface area contributed by atoms with E-state index in [1.54, 1.807) is 12.1 Å². The summed E-state index contributed by atoms with van der Waals surface area (Å²) in [4.78, 5) is 38.7. The Balaban J connectivity index is 1.49. The zero-order chi connectivity index (χ0) is 24.5. The molecule has 0 radical (unpaired) electrons. The van der Waals surface area contributed by atoms with Crippen molar-refractivity contribution in [1.82, 2.24) is 19.9 Å². The van der Waals surface area contributed by atoms with Gasteiger partial charge < -0.3 is 4.98 Å². The lowest BCUT2D eigenvalue weighted by atomic mass is 10.0. The highest BCUT2D eigenvalue weighted by atomic mass is 16.2. The molecule has 0 saturated heterocycles. The molecule has 4 aromatic carbocycles. The summed E-state index contributed by atoms with van der Waals surface area (Å²) >= 11 is 0. The summed E-state index contributed by atoms with van der Waals surface area (Å²) < 4.78 is 0. The van der Waals surface area contributed by atoms with Gasteiger partial charge in [0.25, 0.3) is 5.56 Å². The minimum absolute atomic E-state index is 0.418. The number of hydrogen-bond donors (Lipinski definition) is 2. The van der Waals surface area contributed by atoms with Crippen molar-refractivity contribution in [2.45, 2.75) is 0 Å². The minimum atomic E-state index is -0.521. The Kier molecular flexibility index (Phi) is 5.31. The average Bonchev–Trinajstić information content (AvgIpc) is 2.93. The van der Waals surface area contributed by atoms with Gasteiger partial charge in [0.05, 0.1) is 22.3 Å². The molecule has 0 aliphatic carbocycles. The monoisotopic (exact) mass is 468 g/mol. The first-order valence-corrected chi connectivity index (χ1v) is 11.5. The zero-order valence-corrected chi connectivity index (χ0v) is 19.1. The third-order valence-electron chi connectivity index (χ3n) is 6.06. The van der Waals surface area contributed by atoms with Crippen LogP contribution in [0.3, 0.4) is 0 Å². The number of aromatic amines is 2. The van der Waals surface area contributed by atoms with Gasteiger partial charge >= 0.3 is 5.69 Å². The molecule has 172 valence electrons. The lowest BCUT2D eigenvalue weighted by molar-refractivity contribution is 1.08. The van der Waals surface area contributed by atoms with Crippen molar-refractivity contribution in [2.75, 3.05) is 0 Å². The van der Waals surface area contributed by atoms with Gasteiger partial charge in [-0.3, -0.25) is 9.78 Å². The Bertz CT molecular complexity index is 1770. The maximum Gasteiger partial charge on any atom is 0.326 e. The number of aromatic nitrogens is 4. The van der Waals surface area contributed by atoms with Gasteiger partial charge in [-0.1, -0.05) is 84.9 Å². The van der Waals surface area contributed by atoms with E-state index in [9.17, 15) is 9.59 Å². The van der Waals surface area contributed by atoms with Gasteiger partial charge in [0, 0.05) is 16.7 Å². The van der Waals surface area contributed by atoms with Crippen LogP contribution < -0.4 is 11.2 Å². The molecule has 6 nitrogen and oxygen atoms in total. The fraction of sp³-hybridized carbons (Fsp3) is 0. The first-order chi connectivity index (χ1) is 17.6. The Morgan fingerprint density at radius 3 is 1.75 bits per heavy atom. The molecule has 0 aliphatic rings. The van der Waals surface area contributed by atoms with Crippen molar-refractivity contribution in [2.24, 2.45) is 0 Å². The second-order valence-electron chi connectivity index (χ2n) is 8.44. The fourth-order valence-electron chi connectivity index (χ4n) is 4.27. The van der Waals surface area contributed by atoms with Gasteiger partial charge in [-0.25, -0.2) is 14.8 Å². The molecule has 0 aliphatic heterocycles. The molecule has 0 spiro atoms. The van der Waals surface area contributed by atoms with Crippen molar-refractivity contribution in [3.63, 3.8) is 0 Å². The second-order valence-corrected chi connectivity index (χ2v) is 8.44. The van der Waals surface area contributed by atoms with Crippen LogP contribution in [0, 0.1) is 0 Å². The van der Waals surface area contributed by atoms with Gasteiger partial charge in [-0.05, 0) is 35.4 Å². The van der Waals surface area contributed by atoms with Crippen LogP contribution in [0.25, 0.3) is 55.9 Å². The smallest absolute Gasteiger partial charge is 0.307 e. The highest BCUT2D eigenvalue weighted by Gasteiger charge is 2.12. The van der Waals surface area contributed by atoms with Crippen LogP contribution in [0.2, 0.25) is 0 Å². The van der Waals surface area contributed by atoms with E-state index in [-0.39, 0.29) is 0 Å². The Morgan fingerprint density at radius 1 is 0.500 bits per heavy atom. The third-order valence-corrected chi connectivity index (χ3v) is 6.06. The Morgan fingerprint density at radius 2 is 1.08 bits per heavy atom. The summed E-state index contributed by atoms with van der Waals surface area (Å²) in [6.45, 7) is 0. The molecule has 0 bridgehead atoms. The normalized spacial score (nSPS) is 11.0. The number of rotatable bonds is 4. The molecule has 0 atom stereocenters. The molecule has 0 unspecified atom stereocenters. The molecule has 6 rings (SSSR count). The standard InChI is InChI=1S/C30H20N4O2/c35-29-24-17-22(14-15-25(24)33-30(36)34-29)21-12-7-13-23(16-21)28-31-26(19-8-3-1-4-9-19)18-27(32-28)20-10-5-2-6-11-20/h1-18H,(H2,33,34,35,36). The number of H-pyrrole nitrogens is 2. The molecular formula is C30H20N4O2. The van der Waals surface area contributed by atoms with Crippen molar-refractivity contribution < 1.29 is 0 Å². The summed E-state index contributed by atoms with van der Waals surface area (Å²) in [5.41, 5.74) is 5.88. The van der Waals surface area contributed by atoms with Gasteiger partial charge in [0.15, 0.2) is 5.82 Å². The summed E-state index contributed by atoms with van der Waals surface area (Å²) in [6.07, 6.45) is 0. The second kappa shape index (κ2) is 8.92. The molecule has 0 amide bonds. The number of nitrogens with one attached hydrogen (secondary N) is 2. The van der Waals surface area contributed by atoms with E-state index in [2.05, 4.69) is 9.97 Å². The number of nitrogens with zero attached hydrogens (tertiary/aromatic N) is 2. The summed E-state index contributed by atoms with van der Waals surface area (Å²) in [5, 5.41) is 0.422. The van der Waals surface area contributed by atoms with E-state index in [1.165, 1.54) is 0 Å². The molecule has 2 N–H and O–H groups in total. The Labute approximate surface area is 206 Å². The minimum Gasteiger partial charge on any atom is -0.307 e. The largest absolute Gasteiger partial charge is 0.326 e. The van der Waals surface area contributed by atoms with Crippen LogP contribution >= 0.6 is 0 Å². The van der Waals surface area contributed by atoms with Crippen LogP contribution in [0.4, 0.5) is 0 Å². The third kappa shape index (κ3) is 4.12. The summed E-state index contributed by atoms with van der Waals surface area (Å²) in [6, 6.07) is 35.4. The molecule has 2 heterocycles. The zero-order valence-electron chi connectivity index (χ0n) is 19.1. The predicted molar refractivity (Wildman–Crippen MR) is 143 cm³/mol.